The molecule has 2 fully saturated rings. The fourth-order valence-corrected chi connectivity index (χ4v) is 2.87. The second kappa shape index (κ2) is 5.31. The smallest absolute Gasteiger partial charge is 0.0260 e. The predicted octanol–water partition coefficient (Wildman–Crippen LogP) is 2.11. The summed E-state index contributed by atoms with van der Waals surface area (Å²) in [6.07, 6.45) is 5.61. The van der Waals surface area contributed by atoms with Crippen molar-refractivity contribution in [3.63, 3.8) is 0 Å². The van der Waals surface area contributed by atoms with Crippen molar-refractivity contribution >= 4 is 0 Å². The van der Waals surface area contributed by atoms with Gasteiger partial charge in [-0.1, -0.05) is 20.3 Å². The van der Waals surface area contributed by atoms with E-state index in [4.69, 9.17) is 0 Å². The van der Waals surface area contributed by atoms with Gasteiger partial charge in [0.15, 0.2) is 0 Å². The third-order valence-electron chi connectivity index (χ3n) is 4.00. The number of hydrogen-bond donors (Lipinski definition) is 1. The first kappa shape index (κ1) is 11.4. The largest absolute Gasteiger partial charge is 0.315 e. The minimum Gasteiger partial charge on any atom is -0.315 e. The summed E-state index contributed by atoms with van der Waals surface area (Å²) < 4.78 is 0. The molecular formula is C13H26N2. The number of nitrogens with zero attached hydrogens (tertiary/aromatic N) is 1. The van der Waals surface area contributed by atoms with E-state index in [0.717, 1.165) is 17.9 Å². The van der Waals surface area contributed by atoms with E-state index in [1.807, 2.05) is 0 Å². The molecule has 1 aliphatic heterocycles. The SMILES string of the molecule is CCCN(CC1CC1)C1CNCC1CC. The van der Waals surface area contributed by atoms with Crippen LogP contribution in [0.4, 0.5) is 0 Å². The van der Waals surface area contributed by atoms with E-state index in [-0.39, 0.29) is 0 Å². The average molecular weight is 210 g/mol. The molecule has 2 atom stereocenters. The highest BCUT2D eigenvalue weighted by atomic mass is 15.2. The van der Waals surface area contributed by atoms with Crippen molar-refractivity contribution in [2.75, 3.05) is 26.2 Å². The van der Waals surface area contributed by atoms with Gasteiger partial charge in [-0.3, -0.25) is 4.90 Å². The molecule has 0 aromatic heterocycles. The van der Waals surface area contributed by atoms with Gasteiger partial charge in [-0.25, -0.2) is 0 Å². The Hall–Kier alpha value is -0.0800. The third-order valence-corrected chi connectivity index (χ3v) is 4.00. The molecular weight excluding hydrogens is 184 g/mol. The molecule has 0 bridgehead atoms. The van der Waals surface area contributed by atoms with Crippen LogP contribution in [-0.2, 0) is 0 Å². The Morgan fingerprint density at radius 3 is 2.60 bits per heavy atom. The predicted molar refractivity (Wildman–Crippen MR) is 65.0 cm³/mol. The van der Waals surface area contributed by atoms with E-state index in [2.05, 4.69) is 24.1 Å². The molecule has 2 aliphatic rings. The van der Waals surface area contributed by atoms with E-state index < -0.39 is 0 Å². The zero-order chi connectivity index (χ0) is 10.7. The summed E-state index contributed by atoms with van der Waals surface area (Å²) in [5.74, 6) is 1.94. The second-order valence-corrected chi connectivity index (χ2v) is 5.33. The van der Waals surface area contributed by atoms with E-state index in [0.29, 0.717) is 0 Å². The Morgan fingerprint density at radius 1 is 1.20 bits per heavy atom. The summed E-state index contributed by atoms with van der Waals surface area (Å²) >= 11 is 0. The molecule has 0 aromatic carbocycles. The molecule has 2 heteroatoms. The van der Waals surface area contributed by atoms with Crippen molar-refractivity contribution in [3.05, 3.63) is 0 Å². The quantitative estimate of drug-likeness (QED) is 0.722. The fourth-order valence-electron chi connectivity index (χ4n) is 2.87. The van der Waals surface area contributed by atoms with Gasteiger partial charge in [0, 0.05) is 19.1 Å². The lowest BCUT2D eigenvalue weighted by Gasteiger charge is -2.32. The number of hydrogen-bond acceptors (Lipinski definition) is 2. The van der Waals surface area contributed by atoms with Crippen LogP contribution in [0.2, 0.25) is 0 Å². The van der Waals surface area contributed by atoms with E-state index >= 15 is 0 Å². The van der Waals surface area contributed by atoms with Crippen LogP contribution in [-0.4, -0.2) is 37.1 Å². The lowest BCUT2D eigenvalue weighted by atomic mass is 9.99. The van der Waals surface area contributed by atoms with Gasteiger partial charge < -0.3 is 5.32 Å². The van der Waals surface area contributed by atoms with Gasteiger partial charge in [-0.2, -0.15) is 0 Å². The van der Waals surface area contributed by atoms with Crippen LogP contribution >= 0.6 is 0 Å². The summed E-state index contributed by atoms with van der Waals surface area (Å²) in [5, 5.41) is 3.56. The highest BCUT2D eigenvalue weighted by molar-refractivity contribution is 4.90. The van der Waals surface area contributed by atoms with Crippen molar-refractivity contribution in [2.24, 2.45) is 11.8 Å². The molecule has 15 heavy (non-hydrogen) atoms. The maximum Gasteiger partial charge on any atom is 0.0260 e. The standard InChI is InChI=1S/C13H26N2/c1-3-7-15(10-11-5-6-11)13-9-14-8-12(13)4-2/h11-14H,3-10H2,1-2H3. The Morgan fingerprint density at radius 2 is 2.00 bits per heavy atom. The Kier molecular flexibility index (Phi) is 4.04. The van der Waals surface area contributed by atoms with Gasteiger partial charge in [0.05, 0.1) is 0 Å². The van der Waals surface area contributed by atoms with Crippen LogP contribution in [0.1, 0.15) is 39.5 Å². The highest BCUT2D eigenvalue weighted by Crippen LogP contribution is 2.32. The van der Waals surface area contributed by atoms with E-state index in [1.165, 1.54) is 51.9 Å². The van der Waals surface area contributed by atoms with E-state index in [1.54, 1.807) is 0 Å². The van der Waals surface area contributed by atoms with Crippen LogP contribution in [0.25, 0.3) is 0 Å². The minimum atomic E-state index is 0.829. The lowest BCUT2D eigenvalue weighted by Crippen LogP contribution is -2.42. The van der Waals surface area contributed by atoms with Gasteiger partial charge in [0.2, 0.25) is 0 Å². The lowest BCUT2D eigenvalue weighted by molar-refractivity contribution is 0.162. The average Bonchev–Trinajstić information content (AvgIpc) is 2.93. The molecule has 0 aromatic rings. The van der Waals surface area contributed by atoms with Crippen molar-refractivity contribution < 1.29 is 0 Å². The molecule has 1 heterocycles. The molecule has 1 aliphatic carbocycles. The fraction of sp³-hybridized carbons (Fsp3) is 1.00. The first-order valence-electron chi connectivity index (χ1n) is 6.79. The Balaban J connectivity index is 1.88. The van der Waals surface area contributed by atoms with Gasteiger partial charge in [0.25, 0.3) is 0 Å². The molecule has 1 N–H and O–H groups in total. The molecule has 1 saturated heterocycles. The van der Waals surface area contributed by atoms with Crippen molar-refractivity contribution in [3.8, 4) is 0 Å². The van der Waals surface area contributed by atoms with Crippen LogP contribution in [0.3, 0.4) is 0 Å². The summed E-state index contributed by atoms with van der Waals surface area (Å²) in [6, 6.07) is 0.829. The molecule has 0 radical (unpaired) electrons. The Bertz CT molecular complexity index is 189. The summed E-state index contributed by atoms with van der Waals surface area (Å²) in [7, 11) is 0. The second-order valence-electron chi connectivity index (χ2n) is 5.33. The van der Waals surface area contributed by atoms with Crippen molar-refractivity contribution in [1.82, 2.24) is 10.2 Å². The molecule has 1 saturated carbocycles. The first-order valence-corrected chi connectivity index (χ1v) is 6.79. The molecule has 0 spiro atoms. The van der Waals surface area contributed by atoms with Crippen molar-refractivity contribution in [1.29, 1.82) is 0 Å². The van der Waals surface area contributed by atoms with Gasteiger partial charge in [-0.05, 0) is 44.2 Å². The molecule has 2 nitrogen and oxygen atoms in total. The summed E-state index contributed by atoms with van der Waals surface area (Å²) in [6.45, 7) is 9.79. The van der Waals surface area contributed by atoms with Crippen molar-refractivity contribution in [2.45, 2.75) is 45.6 Å². The van der Waals surface area contributed by atoms with E-state index in [9.17, 15) is 0 Å². The summed E-state index contributed by atoms with van der Waals surface area (Å²) in [4.78, 5) is 2.77. The molecule has 88 valence electrons. The normalized spacial score (nSPS) is 31.4. The Labute approximate surface area is 94.4 Å². The third kappa shape index (κ3) is 2.94. The first-order chi connectivity index (χ1) is 7.35. The topological polar surface area (TPSA) is 15.3 Å². The molecule has 2 rings (SSSR count). The minimum absolute atomic E-state index is 0.829. The monoisotopic (exact) mass is 210 g/mol. The van der Waals surface area contributed by atoms with Crippen LogP contribution in [0.15, 0.2) is 0 Å². The zero-order valence-corrected chi connectivity index (χ0v) is 10.3. The maximum absolute atomic E-state index is 3.56. The molecule has 2 unspecified atom stereocenters. The number of rotatable bonds is 6. The van der Waals surface area contributed by atoms with Gasteiger partial charge in [0.1, 0.15) is 0 Å². The maximum atomic E-state index is 3.56. The molecule has 0 amide bonds. The van der Waals surface area contributed by atoms with Crippen LogP contribution in [0, 0.1) is 11.8 Å². The summed E-state index contributed by atoms with van der Waals surface area (Å²) in [5.41, 5.74) is 0. The highest BCUT2D eigenvalue weighted by Gasteiger charge is 2.33. The number of nitrogens with one attached hydrogen (secondary N) is 1. The zero-order valence-electron chi connectivity index (χ0n) is 10.3. The van der Waals surface area contributed by atoms with Gasteiger partial charge >= 0.3 is 0 Å². The van der Waals surface area contributed by atoms with Gasteiger partial charge in [-0.15, -0.1) is 0 Å². The van der Waals surface area contributed by atoms with Crippen LogP contribution in [0.5, 0.6) is 0 Å². The van der Waals surface area contributed by atoms with Crippen LogP contribution < -0.4 is 5.32 Å².